The van der Waals surface area contributed by atoms with E-state index in [1.165, 1.54) is 0 Å². The molecule has 1 aromatic rings. The number of carbonyl (C=O) groups excluding carboxylic acids is 1. The van der Waals surface area contributed by atoms with Gasteiger partial charge in [-0.05, 0) is 43.9 Å². The van der Waals surface area contributed by atoms with Gasteiger partial charge >= 0.3 is 5.97 Å². The van der Waals surface area contributed by atoms with E-state index < -0.39 is 12.0 Å². The van der Waals surface area contributed by atoms with Crippen LogP contribution in [0.3, 0.4) is 0 Å². The van der Waals surface area contributed by atoms with Gasteiger partial charge in [0.25, 0.3) is 0 Å². The fraction of sp³-hybridized carbons (Fsp3) is 0.429. The Morgan fingerprint density at radius 1 is 1.39 bits per heavy atom. The largest absolute Gasteiger partial charge is 0.480 e. The maximum atomic E-state index is 11.3. The van der Waals surface area contributed by atoms with Crippen molar-refractivity contribution in [3.05, 3.63) is 35.4 Å². The summed E-state index contributed by atoms with van der Waals surface area (Å²) in [6.07, 6.45) is 1.49. The first-order chi connectivity index (χ1) is 8.58. The topological polar surface area (TPSA) is 66.4 Å². The molecule has 0 radical (unpaired) electrons. The van der Waals surface area contributed by atoms with Gasteiger partial charge in [-0.2, -0.15) is 0 Å². The molecule has 1 aromatic carbocycles. The SMILES string of the molecule is CC(=O)c1cccc(C2CCNC(C(=O)O)C2)c1. The van der Waals surface area contributed by atoms with E-state index in [-0.39, 0.29) is 11.7 Å². The number of carboxylic acid groups (broad SMARTS) is 1. The van der Waals surface area contributed by atoms with Crippen molar-refractivity contribution in [3.8, 4) is 0 Å². The summed E-state index contributed by atoms with van der Waals surface area (Å²) in [5, 5.41) is 12.0. The quantitative estimate of drug-likeness (QED) is 0.799. The van der Waals surface area contributed by atoms with E-state index in [2.05, 4.69) is 5.32 Å². The summed E-state index contributed by atoms with van der Waals surface area (Å²) in [5.41, 5.74) is 1.76. The van der Waals surface area contributed by atoms with Crippen LogP contribution in [-0.2, 0) is 4.79 Å². The third kappa shape index (κ3) is 2.76. The van der Waals surface area contributed by atoms with Gasteiger partial charge in [0.05, 0.1) is 0 Å². The van der Waals surface area contributed by atoms with E-state index >= 15 is 0 Å². The van der Waals surface area contributed by atoms with E-state index in [1.807, 2.05) is 18.2 Å². The zero-order valence-corrected chi connectivity index (χ0v) is 10.3. The molecule has 18 heavy (non-hydrogen) atoms. The lowest BCUT2D eigenvalue weighted by molar-refractivity contribution is -0.140. The Morgan fingerprint density at radius 3 is 2.83 bits per heavy atom. The average molecular weight is 247 g/mol. The van der Waals surface area contributed by atoms with Gasteiger partial charge in [0.1, 0.15) is 6.04 Å². The number of aliphatic carboxylic acids is 1. The van der Waals surface area contributed by atoms with Crippen molar-refractivity contribution in [2.45, 2.75) is 31.7 Å². The van der Waals surface area contributed by atoms with Crippen molar-refractivity contribution in [3.63, 3.8) is 0 Å². The smallest absolute Gasteiger partial charge is 0.320 e. The highest BCUT2D eigenvalue weighted by Gasteiger charge is 2.27. The molecule has 0 bridgehead atoms. The normalized spacial score (nSPS) is 23.6. The number of benzene rings is 1. The highest BCUT2D eigenvalue weighted by molar-refractivity contribution is 5.94. The number of hydrogen-bond acceptors (Lipinski definition) is 3. The predicted molar refractivity (Wildman–Crippen MR) is 67.8 cm³/mol. The molecule has 0 aromatic heterocycles. The van der Waals surface area contributed by atoms with E-state index in [9.17, 15) is 9.59 Å². The van der Waals surface area contributed by atoms with Crippen LogP contribution < -0.4 is 5.32 Å². The molecule has 0 aliphatic carbocycles. The van der Waals surface area contributed by atoms with E-state index in [0.717, 1.165) is 12.0 Å². The van der Waals surface area contributed by atoms with Crippen LogP contribution in [-0.4, -0.2) is 29.4 Å². The van der Waals surface area contributed by atoms with Crippen molar-refractivity contribution < 1.29 is 14.7 Å². The first-order valence-electron chi connectivity index (χ1n) is 6.15. The molecule has 2 rings (SSSR count). The molecule has 1 aliphatic rings. The van der Waals surface area contributed by atoms with Crippen molar-refractivity contribution >= 4 is 11.8 Å². The first-order valence-corrected chi connectivity index (χ1v) is 6.15. The highest BCUT2D eigenvalue weighted by Crippen LogP contribution is 2.28. The second kappa shape index (κ2) is 5.31. The highest BCUT2D eigenvalue weighted by atomic mass is 16.4. The van der Waals surface area contributed by atoms with Crippen LogP contribution in [0.5, 0.6) is 0 Å². The Morgan fingerprint density at radius 2 is 2.17 bits per heavy atom. The van der Waals surface area contributed by atoms with Crippen molar-refractivity contribution in [1.29, 1.82) is 0 Å². The summed E-state index contributed by atoms with van der Waals surface area (Å²) < 4.78 is 0. The Labute approximate surface area is 106 Å². The summed E-state index contributed by atoms with van der Waals surface area (Å²) in [6.45, 7) is 2.24. The fourth-order valence-corrected chi connectivity index (χ4v) is 2.42. The number of carboxylic acids is 1. The molecule has 4 nitrogen and oxygen atoms in total. The van der Waals surface area contributed by atoms with Crippen molar-refractivity contribution in [1.82, 2.24) is 5.32 Å². The maximum Gasteiger partial charge on any atom is 0.320 e. The second-order valence-electron chi connectivity index (χ2n) is 4.75. The van der Waals surface area contributed by atoms with Crippen LogP contribution in [0.2, 0.25) is 0 Å². The number of nitrogens with one attached hydrogen (secondary N) is 1. The average Bonchev–Trinajstić information content (AvgIpc) is 2.39. The molecule has 96 valence electrons. The molecular formula is C14H17NO3. The Bertz CT molecular complexity index is 470. The molecule has 0 spiro atoms. The van der Waals surface area contributed by atoms with Crippen LogP contribution >= 0.6 is 0 Å². The second-order valence-corrected chi connectivity index (χ2v) is 4.75. The van der Waals surface area contributed by atoms with Gasteiger partial charge in [0, 0.05) is 5.56 Å². The monoisotopic (exact) mass is 247 g/mol. The van der Waals surface area contributed by atoms with Crippen LogP contribution in [0, 0.1) is 0 Å². The van der Waals surface area contributed by atoms with E-state index in [4.69, 9.17) is 5.11 Å². The van der Waals surface area contributed by atoms with Crippen molar-refractivity contribution in [2.24, 2.45) is 0 Å². The van der Waals surface area contributed by atoms with Gasteiger partial charge in [-0.25, -0.2) is 0 Å². The molecule has 1 heterocycles. The Kier molecular flexibility index (Phi) is 3.77. The third-order valence-corrected chi connectivity index (χ3v) is 3.47. The van der Waals surface area contributed by atoms with Gasteiger partial charge in [-0.15, -0.1) is 0 Å². The van der Waals surface area contributed by atoms with Gasteiger partial charge in [0.2, 0.25) is 0 Å². The van der Waals surface area contributed by atoms with Gasteiger partial charge < -0.3 is 10.4 Å². The summed E-state index contributed by atoms with van der Waals surface area (Å²) >= 11 is 0. The molecule has 1 aliphatic heterocycles. The summed E-state index contributed by atoms with van der Waals surface area (Å²) in [4.78, 5) is 22.3. The minimum Gasteiger partial charge on any atom is -0.480 e. The van der Waals surface area contributed by atoms with E-state index in [0.29, 0.717) is 18.5 Å². The minimum absolute atomic E-state index is 0.0422. The molecule has 4 heteroatoms. The molecule has 1 fully saturated rings. The summed E-state index contributed by atoms with van der Waals surface area (Å²) in [5.74, 6) is -0.547. The standard InChI is InChI=1S/C14H17NO3/c1-9(16)10-3-2-4-11(7-10)12-5-6-15-13(8-12)14(17)18/h2-4,7,12-13,15H,5-6,8H2,1H3,(H,17,18). The Balaban J connectivity index is 2.18. The number of ketones is 1. The van der Waals surface area contributed by atoms with Gasteiger partial charge in [-0.1, -0.05) is 18.2 Å². The molecule has 0 saturated carbocycles. The van der Waals surface area contributed by atoms with Gasteiger partial charge in [-0.3, -0.25) is 9.59 Å². The first kappa shape index (κ1) is 12.8. The third-order valence-electron chi connectivity index (χ3n) is 3.47. The number of hydrogen-bond donors (Lipinski definition) is 2. The minimum atomic E-state index is -0.803. The lowest BCUT2D eigenvalue weighted by Gasteiger charge is -2.28. The van der Waals surface area contributed by atoms with Crippen LogP contribution in [0.15, 0.2) is 24.3 Å². The number of piperidine rings is 1. The lowest BCUT2D eigenvalue weighted by atomic mass is 9.85. The zero-order valence-electron chi connectivity index (χ0n) is 10.3. The molecular weight excluding hydrogens is 230 g/mol. The molecule has 2 atom stereocenters. The molecule has 2 N–H and O–H groups in total. The number of rotatable bonds is 3. The lowest BCUT2D eigenvalue weighted by Crippen LogP contribution is -2.42. The fourth-order valence-electron chi connectivity index (χ4n) is 2.42. The van der Waals surface area contributed by atoms with Gasteiger partial charge in [0.15, 0.2) is 5.78 Å². The Hall–Kier alpha value is -1.68. The van der Waals surface area contributed by atoms with Crippen LogP contribution in [0.4, 0.5) is 0 Å². The zero-order chi connectivity index (χ0) is 13.1. The predicted octanol–water partition coefficient (Wildman–Crippen LogP) is 1.81. The molecule has 1 saturated heterocycles. The van der Waals surface area contributed by atoms with Crippen LogP contribution in [0.25, 0.3) is 0 Å². The summed E-state index contributed by atoms with van der Waals surface area (Å²) in [6, 6.07) is 7.04. The molecule has 0 amide bonds. The van der Waals surface area contributed by atoms with E-state index in [1.54, 1.807) is 13.0 Å². The van der Waals surface area contributed by atoms with Crippen molar-refractivity contribution in [2.75, 3.05) is 6.54 Å². The number of carbonyl (C=O) groups is 2. The summed E-state index contributed by atoms with van der Waals surface area (Å²) in [7, 11) is 0. The molecule has 2 unspecified atom stereocenters. The van der Waals surface area contributed by atoms with Crippen LogP contribution in [0.1, 0.15) is 41.6 Å². The maximum absolute atomic E-state index is 11.3. The number of Topliss-reactive ketones (excluding diaryl/α,β-unsaturated/α-hetero) is 1.